The van der Waals surface area contributed by atoms with Crippen LogP contribution in [0.25, 0.3) is 4.85 Å². The van der Waals surface area contributed by atoms with E-state index in [2.05, 4.69) is 23.2 Å². The molecule has 0 bridgehead atoms. The lowest BCUT2D eigenvalue weighted by Gasteiger charge is -1.97. The first-order valence-corrected chi connectivity index (χ1v) is 4.60. The molecule has 2 heteroatoms. The minimum atomic E-state index is 0.0462. The van der Waals surface area contributed by atoms with Crippen LogP contribution in [0.3, 0.4) is 0 Å². The first-order chi connectivity index (χ1) is 5.29. The van der Waals surface area contributed by atoms with E-state index >= 15 is 0 Å². The molecule has 1 heterocycles. The first-order valence-electron chi connectivity index (χ1n) is 3.72. The molecule has 1 aromatic rings. The van der Waals surface area contributed by atoms with E-state index in [0.717, 1.165) is 6.42 Å². The summed E-state index contributed by atoms with van der Waals surface area (Å²) in [7, 11) is 0. The Hall–Kier alpha value is -0.810. The molecule has 0 saturated carbocycles. The van der Waals surface area contributed by atoms with Gasteiger partial charge in [-0.05, 0) is 23.4 Å². The van der Waals surface area contributed by atoms with Crippen molar-refractivity contribution in [3.8, 4) is 0 Å². The second kappa shape index (κ2) is 3.54. The third kappa shape index (κ3) is 1.61. The van der Waals surface area contributed by atoms with Gasteiger partial charge in [0, 0.05) is 6.92 Å². The third-order valence-corrected chi connectivity index (χ3v) is 2.86. The first kappa shape index (κ1) is 8.29. The lowest BCUT2D eigenvalue weighted by molar-refractivity contribution is 0.955. The Morgan fingerprint density at radius 3 is 3.00 bits per heavy atom. The number of nitrogens with zero attached hydrogens (tertiary/aromatic N) is 1. The Labute approximate surface area is 71.5 Å². The highest BCUT2D eigenvalue weighted by molar-refractivity contribution is 7.10. The van der Waals surface area contributed by atoms with Crippen molar-refractivity contribution in [1.29, 1.82) is 0 Å². The van der Waals surface area contributed by atoms with E-state index in [4.69, 9.17) is 6.57 Å². The van der Waals surface area contributed by atoms with Crippen molar-refractivity contribution in [2.75, 3.05) is 0 Å². The third-order valence-electron chi connectivity index (χ3n) is 1.73. The molecule has 0 aliphatic heterocycles. The largest absolute Gasteiger partial charge is 0.308 e. The van der Waals surface area contributed by atoms with Crippen molar-refractivity contribution in [1.82, 2.24) is 0 Å². The molecule has 1 aromatic heterocycles. The number of thiophene rings is 1. The quantitative estimate of drug-likeness (QED) is 0.592. The summed E-state index contributed by atoms with van der Waals surface area (Å²) in [4.78, 5) is 4.74. The Kier molecular flexibility index (Phi) is 2.67. The lowest BCUT2D eigenvalue weighted by atomic mass is 10.1. The molecule has 0 aliphatic carbocycles. The topological polar surface area (TPSA) is 4.36 Å². The highest BCUT2D eigenvalue weighted by atomic mass is 32.1. The van der Waals surface area contributed by atoms with Crippen LogP contribution in [0.1, 0.15) is 30.3 Å². The molecule has 0 radical (unpaired) electrons. The Bertz CT molecular complexity index is 269. The van der Waals surface area contributed by atoms with Gasteiger partial charge in [-0.2, -0.15) is 0 Å². The number of hydrogen-bond donors (Lipinski definition) is 0. The maximum absolute atomic E-state index is 6.89. The molecule has 58 valence electrons. The normalized spacial score (nSPS) is 12.5. The molecular weight excluding hydrogens is 154 g/mol. The van der Waals surface area contributed by atoms with Gasteiger partial charge in [0.15, 0.2) is 0 Å². The second-order valence-electron chi connectivity index (χ2n) is 2.47. The van der Waals surface area contributed by atoms with Gasteiger partial charge < -0.3 is 4.85 Å². The van der Waals surface area contributed by atoms with Crippen LogP contribution < -0.4 is 0 Å². The van der Waals surface area contributed by atoms with Crippen molar-refractivity contribution in [3.05, 3.63) is 33.3 Å². The van der Waals surface area contributed by atoms with E-state index in [1.54, 1.807) is 11.3 Å². The summed E-state index contributed by atoms with van der Waals surface area (Å²) in [6.45, 7) is 11.0. The molecule has 0 aliphatic rings. The molecule has 1 rings (SSSR count). The van der Waals surface area contributed by atoms with Crippen LogP contribution in [0.2, 0.25) is 0 Å². The summed E-state index contributed by atoms with van der Waals surface area (Å²) in [6.07, 6.45) is 1.04. The average Bonchev–Trinajstić information content (AvgIpc) is 2.50. The van der Waals surface area contributed by atoms with Crippen LogP contribution in [0.5, 0.6) is 0 Å². The summed E-state index contributed by atoms with van der Waals surface area (Å²) in [5, 5.41) is 2.07. The maximum atomic E-state index is 6.89. The van der Waals surface area contributed by atoms with E-state index in [0.29, 0.717) is 0 Å². The monoisotopic (exact) mass is 165 g/mol. The highest BCUT2D eigenvalue weighted by Gasteiger charge is 2.13. The summed E-state index contributed by atoms with van der Waals surface area (Å²) in [5.74, 6) is 0. The molecule has 0 aromatic carbocycles. The fourth-order valence-electron chi connectivity index (χ4n) is 1.06. The molecule has 0 fully saturated rings. The fourth-order valence-corrected chi connectivity index (χ4v) is 2.06. The van der Waals surface area contributed by atoms with Crippen molar-refractivity contribution in [2.45, 2.75) is 26.3 Å². The Morgan fingerprint density at radius 1 is 1.73 bits per heavy atom. The van der Waals surface area contributed by atoms with Gasteiger partial charge in [-0.25, -0.2) is 6.57 Å². The predicted octanol–water partition coefficient (Wildman–Crippen LogP) is 3.29. The SMILES string of the molecule is [C-]#[N+]C(C)c1sccc1CC. The molecule has 1 nitrogen and oxygen atoms in total. The number of rotatable bonds is 2. The van der Waals surface area contributed by atoms with Crippen molar-refractivity contribution >= 4 is 11.3 Å². The van der Waals surface area contributed by atoms with Crippen LogP contribution in [-0.4, -0.2) is 0 Å². The van der Waals surface area contributed by atoms with Crippen LogP contribution in [0, 0.1) is 6.57 Å². The fraction of sp³-hybridized carbons (Fsp3) is 0.444. The molecule has 1 atom stereocenters. The van der Waals surface area contributed by atoms with Crippen LogP contribution >= 0.6 is 11.3 Å². The summed E-state index contributed by atoms with van der Waals surface area (Å²) >= 11 is 1.69. The second-order valence-corrected chi connectivity index (χ2v) is 3.42. The van der Waals surface area contributed by atoms with Gasteiger partial charge in [0.25, 0.3) is 6.04 Å². The van der Waals surface area contributed by atoms with E-state index in [1.165, 1.54) is 10.4 Å². The van der Waals surface area contributed by atoms with Gasteiger partial charge in [0.1, 0.15) is 0 Å². The maximum Gasteiger partial charge on any atom is 0.255 e. The van der Waals surface area contributed by atoms with Gasteiger partial charge in [0.05, 0.1) is 4.88 Å². The van der Waals surface area contributed by atoms with E-state index < -0.39 is 0 Å². The smallest absolute Gasteiger partial charge is 0.255 e. The van der Waals surface area contributed by atoms with Gasteiger partial charge in [0.2, 0.25) is 0 Å². The number of hydrogen-bond acceptors (Lipinski definition) is 1. The van der Waals surface area contributed by atoms with E-state index in [9.17, 15) is 0 Å². The highest BCUT2D eigenvalue weighted by Crippen LogP contribution is 2.26. The van der Waals surface area contributed by atoms with Gasteiger partial charge in [-0.15, -0.1) is 11.3 Å². The van der Waals surface area contributed by atoms with Crippen LogP contribution in [0.15, 0.2) is 11.4 Å². The summed E-state index contributed by atoms with van der Waals surface area (Å²) in [5.41, 5.74) is 1.33. The zero-order chi connectivity index (χ0) is 8.27. The molecular formula is C9H11NS. The lowest BCUT2D eigenvalue weighted by Crippen LogP contribution is -1.87. The molecule has 1 unspecified atom stereocenters. The van der Waals surface area contributed by atoms with Crippen molar-refractivity contribution < 1.29 is 0 Å². The summed E-state index contributed by atoms with van der Waals surface area (Å²) in [6, 6.07) is 2.16. The molecule has 0 saturated heterocycles. The van der Waals surface area contributed by atoms with Crippen molar-refractivity contribution in [2.24, 2.45) is 0 Å². The van der Waals surface area contributed by atoms with E-state index in [-0.39, 0.29) is 6.04 Å². The zero-order valence-electron chi connectivity index (χ0n) is 6.79. The molecule has 0 N–H and O–H groups in total. The Balaban J connectivity index is 2.94. The van der Waals surface area contributed by atoms with Crippen LogP contribution in [-0.2, 0) is 6.42 Å². The molecule has 0 spiro atoms. The van der Waals surface area contributed by atoms with Gasteiger partial charge in [-0.1, -0.05) is 6.92 Å². The predicted molar refractivity (Wildman–Crippen MR) is 48.7 cm³/mol. The summed E-state index contributed by atoms with van der Waals surface area (Å²) < 4.78 is 0. The van der Waals surface area contributed by atoms with Crippen molar-refractivity contribution in [3.63, 3.8) is 0 Å². The molecule has 11 heavy (non-hydrogen) atoms. The van der Waals surface area contributed by atoms with Crippen LogP contribution in [0.4, 0.5) is 0 Å². The van der Waals surface area contributed by atoms with E-state index in [1.807, 2.05) is 6.92 Å². The average molecular weight is 165 g/mol. The Morgan fingerprint density at radius 2 is 2.45 bits per heavy atom. The van der Waals surface area contributed by atoms with Gasteiger partial charge >= 0.3 is 0 Å². The zero-order valence-corrected chi connectivity index (χ0v) is 7.61. The number of aryl methyl sites for hydroxylation is 1. The molecule has 0 amide bonds. The standard InChI is InChI=1S/C9H11NS/c1-4-8-5-6-11-9(8)7(2)10-3/h5-7H,4H2,1-2H3. The minimum absolute atomic E-state index is 0.0462. The van der Waals surface area contributed by atoms with Gasteiger partial charge in [-0.3, -0.25) is 0 Å². The minimum Gasteiger partial charge on any atom is -0.308 e.